The molecule has 3 aliphatic rings. The van der Waals surface area contributed by atoms with Gasteiger partial charge in [0.15, 0.2) is 17.2 Å². The molecule has 220 valence electrons. The molecule has 4 bridgehead atoms. The normalized spacial score (nSPS) is 18.3. The molecule has 3 aromatic carbocycles. The number of aromatic nitrogens is 2. The monoisotopic (exact) mass is 617 g/mol. The highest BCUT2D eigenvalue weighted by Gasteiger charge is 2.35. The van der Waals surface area contributed by atoms with Crippen LogP contribution < -0.4 is 14.4 Å². The van der Waals surface area contributed by atoms with Gasteiger partial charge in [0.2, 0.25) is 5.91 Å². The number of benzene rings is 3. The summed E-state index contributed by atoms with van der Waals surface area (Å²) in [6.07, 6.45) is 5.02. The molecule has 1 unspecified atom stereocenters. The van der Waals surface area contributed by atoms with Gasteiger partial charge in [-0.15, -0.1) is 0 Å². The minimum Gasteiger partial charge on any atom is -0.452 e. The lowest BCUT2D eigenvalue weighted by molar-refractivity contribution is -0.122. The van der Waals surface area contributed by atoms with Crippen LogP contribution in [0.3, 0.4) is 0 Å². The number of rotatable bonds is 3. The first-order valence-electron chi connectivity index (χ1n) is 13.7. The van der Waals surface area contributed by atoms with Gasteiger partial charge >= 0.3 is 0 Å². The lowest BCUT2D eigenvalue weighted by Crippen LogP contribution is -2.56. The van der Waals surface area contributed by atoms with Crippen LogP contribution in [0, 0.1) is 11.3 Å². The van der Waals surface area contributed by atoms with Crippen molar-refractivity contribution in [2.45, 2.75) is 25.6 Å². The van der Waals surface area contributed by atoms with Gasteiger partial charge in [0, 0.05) is 43.2 Å². The number of nitriles is 1. The number of hydrogen-bond donors (Lipinski definition) is 0. The molecular formula is C31H28ClN5O5S. The summed E-state index contributed by atoms with van der Waals surface area (Å²) in [6.45, 7) is 1.13. The molecule has 0 N–H and O–H groups in total. The molecule has 0 saturated carbocycles. The van der Waals surface area contributed by atoms with Gasteiger partial charge in [0.25, 0.3) is 0 Å². The third-order valence-corrected chi connectivity index (χ3v) is 8.77. The van der Waals surface area contributed by atoms with E-state index in [1.165, 1.54) is 6.26 Å². The quantitative estimate of drug-likeness (QED) is 0.315. The molecule has 4 heterocycles. The Hall–Kier alpha value is -4.37. The number of fused-ring (bicyclic) bond motifs is 2. The van der Waals surface area contributed by atoms with E-state index in [4.69, 9.17) is 21.1 Å². The van der Waals surface area contributed by atoms with Crippen LogP contribution in [0.5, 0.6) is 23.0 Å². The molecule has 1 aromatic heterocycles. The van der Waals surface area contributed by atoms with Crippen LogP contribution in [-0.2, 0) is 27.7 Å². The number of piperazine rings is 1. The summed E-state index contributed by atoms with van der Waals surface area (Å²) in [5, 5.41) is 10.2. The van der Waals surface area contributed by atoms with E-state index in [1.54, 1.807) is 66.0 Å². The van der Waals surface area contributed by atoms with E-state index in [-0.39, 0.29) is 30.8 Å². The minimum absolute atomic E-state index is 0.0207. The lowest BCUT2D eigenvalue weighted by atomic mass is 10.1. The van der Waals surface area contributed by atoms with Gasteiger partial charge in [-0.1, -0.05) is 29.8 Å². The molecule has 2 atom stereocenters. The van der Waals surface area contributed by atoms with E-state index < -0.39 is 9.84 Å². The van der Waals surface area contributed by atoms with Gasteiger partial charge in [-0.05, 0) is 54.4 Å². The molecular weight excluding hydrogens is 590 g/mol. The van der Waals surface area contributed by atoms with Crippen LogP contribution in [0.4, 0.5) is 5.69 Å². The Morgan fingerprint density at radius 3 is 2.51 bits per heavy atom. The Bertz CT molecular complexity index is 1850. The minimum atomic E-state index is -3.24. The van der Waals surface area contributed by atoms with Crippen molar-refractivity contribution in [3.8, 4) is 29.1 Å². The third kappa shape index (κ3) is 6.37. The zero-order valence-electron chi connectivity index (χ0n) is 23.3. The second kappa shape index (κ2) is 11.7. The van der Waals surface area contributed by atoms with E-state index in [1.807, 2.05) is 21.6 Å². The maximum Gasteiger partial charge on any atom is 0.241 e. The Labute approximate surface area is 254 Å². The van der Waals surface area contributed by atoms with Crippen LogP contribution in [-0.4, -0.2) is 59.9 Å². The lowest BCUT2D eigenvalue weighted by Gasteiger charge is -2.41. The topological polar surface area (TPSA) is 118 Å². The first-order valence-corrected chi connectivity index (χ1v) is 16.1. The summed E-state index contributed by atoms with van der Waals surface area (Å²) >= 11 is 6.41. The fraction of sp³-hybridized carbons (Fsp3) is 0.258. The summed E-state index contributed by atoms with van der Waals surface area (Å²) in [5.74, 6) is 1.32. The van der Waals surface area contributed by atoms with E-state index >= 15 is 0 Å². The predicted molar refractivity (Wildman–Crippen MR) is 161 cm³/mol. The third-order valence-electron chi connectivity index (χ3n) is 7.55. The van der Waals surface area contributed by atoms with Crippen molar-refractivity contribution < 1.29 is 22.7 Å². The smallest absolute Gasteiger partial charge is 0.241 e. The first-order chi connectivity index (χ1) is 20.7. The molecule has 0 aliphatic carbocycles. The van der Waals surface area contributed by atoms with Crippen molar-refractivity contribution >= 4 is 33.0 Å². The van der Waals surface area contributed by atoms with Gasteiger partial charge in [-0.2, -0.15) is 5.26 Å². The van der Waals surface area contributed by atoms with Crippen LogP contribution in [0.2, 0.25) is 5.02 Å². The number of carbonyl (C=O) groups is 1. The van der Waals surface area contributed by atoms with E-state index in [2.05, 4.69) is 11.1 Å². The maximum atomic E-state index is 13.7. The van der Waals surface area contributed by atoms with Gasteiger partial charge in [0.05, 0.1) is 35.6 Å². The summed E-state index contributed by atoms with van der Waals surface area (Å²) in [5.41, 5.74) is 2.57. The highest BCUT2D eigenvalue weighted by atomic mass is 35.5. The summed E-state index contributed by atoms with van der Waals surface area (Å²) < 4.78 is 39.0. The summed E-state index contributed by atoms with van der Waals surface area (Å²) in [7, 11) is -3.24. The highest BCUT2D eigenvalue weighted by Crippen LogP contribution is 2.41. The molecule has 1 fully saturated rings. The van der Waals surface area contributed by atoms with Crippen molar-refractivity contribution in [2.75, 3.05) is 30.0 Å². The number of hydrogen-bond acceptors (Lipinski definition) is 8. The van der Waals surface area contributed by atoms with Gasteiger partial charge in [-0.3, -0.25) is 9.69 Å². The highest BCUT2D eigenvalue weighted by molar-refractivity contribution is 7.90. The number of ether oxygens (including phenoxy) is 2. The zero-order chi connectivity index (χ0) is 30.1. The van der Waals surface area contributed by atoms with E-state index in [9.17, 15) is 18.5 Å². The molecule has 43 heavy (non-hydrogen) atoms. The number of anilines is 1. The maximum absolute atomic E-state index is 13.7. The Kier molecular flexibility index (Phi) is 7.83. The number of sulfone groups is 1. The van der Waals surface area contributed by atoms with Crippen molar-refractivity contribution in [1.29, 1.82) is 5.26 Å². The summed E-state index contributed by atoms with van der Waals surface area (Å²) in [6, 6.07) is 19.4. The number of para-hydroxylation sites is 2. The fourth-order valence-electron chi connectivity index (χ4n) is 5.37. The van der Waals surface area contributed by atoms with E-state index in [0.717, 1.165) is 11.3 Å². The van der Waals surface area contributed by atoms with Crippen LogP contribution in [0.1, 0.15) is 23.2 Å². The Morgan fingerprint density at radius 2 is 1.77 bits per heavy atom. The molecule has 3 aliphatic heterocycles. The second-order valence-electron chi connectivity index (χ2n) is 10.7. The van der Waals surface area contributed by atoms with Gasteiger partial charge < -0.3 is 18.9 Å². The number of amides is 1. The largest absolute Gasteiger partial charge is 0.452 e. The molecule has 0 spiro atoms. The first kappa shape index (κ1) is 28.7. The second-order valence-corrected chi connectivity index (χ2v) is 13.4. The van der Waals surface area contributed by atoms with Gasteiger partial charge in [-0.25, -0.2) is 13.4 Å². The average molecular weight is 618 g/mol. The van der Waals surface area contributed by atoms with E-state index in [0.29, 0.717) is 58.8 Å². The molecule has 1 amide bonds. The number of nitrogens with zero attached hydrogens (tertiary/aromatic N) is 5. The predicted octanol–water partition coefficient (Wildman–Crippen LogP) is 5.01. The zero-order valence-corrected chi connectivity index (χ0v) is 24.9. The van der Waals surface area contributed by atoms with Crippen LogP contribution in [0.25, 0.3) is 0 Å². The van der Waals surface area contributed by atoms with Gasteiger partial charge in [0.1, 0.15) is 21.7 Å². The molecule has 7 rings (SSSR count). The fourth-order valence-corrected chi connectivity index (χ4v) is 6.24. The van der Waals surface area contributed by atoms with Crippen LogP contribution >= 0.6 is 11.6 Å². The molecule has 12 heteroatoms. The van der Waals surface area contributed by atoms with Crippen molar-refractivity contribution in [2.24, 2.45) is 0 Å². The molecule has 10 nitrogen and oxygen atoms in total. The SMILES string of the molecule is CS(=O)(=O)CC[C@H]1CN2C(=O)CN1Cc1cncn1Cc1ccc(C#N)c(c1)Oc1ccccc1Oc1ccc(Cl)cc12. The number of halogens is 1. The number of imidazole rings is 1. The van der Waals surface area contributed by atoms with Crippen LogP contribution in [0.15, 0.2) is 73.2 Å². The van der Waals surface area contributed by atoms with Crippen molar-refractivity contribution in [1.82, 2.24) is 14.5 Å². The molecule has 0 radical (unpaired) electrons. The van der Waals surface area contributed by atoms with Crippen molar-refractivity contribution in [3.05, 3.63) is 95.0 Å². The summed E-state index contributed by atoms with van der Waals surface area (Å²) in [4.78, 5) is 21.7. The Balaban J connectivity index is 1.50. The van der Waals surface area contributed by atoms with Crippen molar-refractivity contribution in [3.63, 3.8) is 0 Å². The molecule has 1 saturated heterocycles. The standard InChI is InChI=1S/C31H28ClN5O5S/c1-43(39,40)11-10-24-18-37-26-13-23(32)8-9-27(26)41-28-4-2-3-5-29(28)42-30-12-21(6-7-22(30)14-33)16-36-20-34-15-25(36)17-35(24)19-31(37)38/h2-9,12-13,15,20,24H,10-11,16-19H2,1H3/t24-/m0/s1. The molecule has 4 aromatic rings. The Morgan fingerprint density at radius 1 is 1.00 bits per heavy atom. The average Bonchev–Trinajstić information content (AvgIpc) is 3.40. The number of carbonyl (C=O) groups excluding carboxylic acids is 1.